The number of nitrogens with one attached hydrogen (secondary N) is 1. The number of benzene rings is 2. The highest BCUT2D eigenvalue weighted by Crippen LogP contribution is 2.45. The van der Waals surface area contributed by atoms with Gasteiger partial charge in [-0.1, -0.05) is 61.9 Å². The summed E-state index contributed by atoms with van der Waals surface area (Å²) < 4.78 is 11.8. The third-order valence-electron chi connectivity index (χ3n) is 6.19. The zero-order valence-electron chi connectivity index (χ0n) is 19.4. The van der Waals surface area contributed by atoms with Crippen molar-refractivity contribution in [2.45, 2.75) is 58.5 Å². The molecule has 0 spiro atoms. The lowest BCUT2D eigenvalue weighted by Gasteiger charge is -2.34. The predicted octanol–water partition coefficient (Wildman–Crippen LogP) is 5.58. The summed E-state index contributed by atoms with van der Waals surface area (Å²) in [4.78, 5) is 26.4. The molecule has 0 amide bonds. The maximum absolute atomic E-state index is 13.2. The zero-order valence-corrected chi connectivity index (χ0v) is 19.4. The molecule has 33 heavy (non-hydrogen) atoms. The Labute approximate surface area is 195 Å². The SMILES string of the molecule is CCCCOC(=O)C1=C(C)NC2=C(C(=O)CCC2)[C@@H]1c1ccccc1OCc1ccccc1. The number of carbonyl (C=O) groups is 2. The normalized spacial score (nSPS) is 18.0. The van der Waals surface area contributed by atoms with Crippen LogP contribution in [0.15, 0.2) is 77.1 Å². The number of Topliss-reactive ketones (excluding diaryl/α,β-unsaturated/α-hetero) is 1. The number of hydrogen-bond donors (Lipinski definition) is 1. The Balaban J connectivity index is 1.74. The van der Waals surface area contributed by atoms with Gasteiger partial charge in [-0.3, -0.25) is 4.79 Å². The molecule has 0 fully saturated rings. The van der Waals surface area contributed by atoms with Crippen molar-refractivity contribution >= 4 is 11.8 Å². The van der Waals surface area contributed by atoms with Gasteiger partial charge in [-0.05, 0) is 37.8 Å². The highest BCUT2D eigenvalue weighted by atomic mass is 16.5. The van der Waals surface area contributed by atoms with Gasteiger partial charge in [0.05, 0.1) is 18.1 Å². The fraction of sp³-hybridized carbons (Fsp3) is 0.357. The highest BCUT2D eigenvalue weighted by Gasteiger charge is 2.40. The Hall–Kier alpha value is -3.34. The number of carbonyl (C=O) groups excluding carboxylic acids is 2. The van der Waals surface area contributed by atoms with Gasteiger partial charge in [-0.15, -0.1) is 0 Å². The van der Waals surface area contributed by atoms with Gasteiger partial charge in [0.15, 0.2) is 5.78 Å². The molecule has 172 valence electrons. The molecule has 2 aliphatic rings. The van der Waals surface area contributed by atoms with Gasteiger partial charge >= 0.3 is 5.97 Å². The minimum Gasteiger partial charge on any atom is -0.489 e. The fourth-order valence-corrected chi connectivity index (χ4v) is 4.54. The lowest BCUT2D eigenvalue weighted by atomic mass is 9.75. The first-order valence-corrected chi connectivity index (χ1v) is 11.8. The van der Waals surface area contributed by atoms with Crippen LogP contribution in [0.3, 0.4) is 0 Å². The highest BCUT2D eigenvalue weighted by molar-refractivity contribution is 6.04. The number of para-hydroxylation sites is 1. The van der Waals surface area contributed by atoms with Gasteiger partial charge in [0.25, 0.3) is 0 Å². The average Bonchev–Trinajstić information content (AvgIpc) is 2.83. The van der Waals surface area contributed by atoms with Crippen LogP contribution in [0.5, 0.6) is 5.75 Å². The standard InChI is InChI=1S/C28H31NO4/c1-3-4-17-32-28(31)25-19(2)29-22-14-10-15-23(30)27(22)26(25)21-13-8-9-16-24(21)33-18-20-11-6-5-7-12-20/h5-9,11-13,16,26,29H,3-4,10,14-15,17-18H2,1-2H3/t26-/m1/s1. The van der Waals surface area contributed by atoms with E-state index in [0.29, 0.717) is 36.5 Å². The molecule has 1 aliphatic carbocycles. The average molecular weight is 446 g/mol. The molecule has 0 saturated heterocycles. The van der Waals surface area contributed by atoms with Crippen molar-refractivity contribution in [1.82, 2.24) is 5.32 Å². The predicted molar refractivity (Wildman–Crippen MR) is 128 cm³/mol. The smallest absolute Gasteiger partial charge is 0.336 e. The van der Waals surface area contributed by atoms with Crippen molar-refractivity contribution < 1.29 is 19.1 Å². The van der Waals surface area contributed by atoms with Gasteiger partial charge in [0, 0.05) is 29.0 Å². The van der Waals surface area contributed by atoms with Crippen molar-refractivity contribution in [1.29, 1.82) is 0 Å². The van der Waals surface area contributed by atoms with Crippen LogP contribution in [-0.2, 0) is 20.9 Å². The number of ketones is 1. The Morgan fingerprint density at radius 3 is 2.61 bits per heavy atom. The molecule has 5 heteroatoms. The van der Waals surface area contributed by atoms with Gasteiger partial charge in [0.1, 0.15) is 12.4 Å². The topological polar surface area (TPSA) is 64.6 Å². The van der Waals surface area contributed by atoms with Crippen LogP contribution in [0.4, 0.5) is 0 Å². The summed E-state index contributed by atoms with van der Waals surface area (Å²) in [5, 5.41) is 3.34. The van der Waals surface area contributed by atoms with Gasteiger partial charge in [0.2, 0.25) is 0 Å². The summed E-state index contributed by atoms with van der Waals surface area (Å²) in [7, 11) is 0. The second kappa shape index (κ2) is 10.5. The molecular weight excluding hydrogens is 414 g/mol. The zero-order chi connectivity index (χ0) is 23.2. The Morgan fingerprint density at radius 2 is 1.82 bits per heavy atom. The van der Waals surface area contributed by atoms with E-state index in [1.165, 1.54) is 0 Å². The van der Waals surface area contributed by atoms with Crippen LogP contribution < -0.4 is 10.1 Å². The van der Waals surface area contributed by atoms with Crippen LogP contribution >= 0.6 is 0 Å². The molecule has 1 aliphatic heterocycles. The van der Waals surface area contributed by atoms with E-state index < -0.39 is 5.92 Å². The van der Waals surface area contributed by atoms with E-state index in [9.17, 15) is 9.59 Å². The Bertz CT molecular complexity index is 1080. The van der Waals surface area contributed by atoms with E-state index in [4.69, 9.17) is 9.47 Å². The molecule has 2 aromatic carbocycles. The molecule has 1 heterocycles. The monoisotopic (exact) mass is 445 g/mol. The molecule has 0 saturated carbocycles. The summed E-state index contributed by atoms with van der Waals surface area (Å²) in [5.74, 6) is -0.125. The van der Waals surface area contributed by atoms with E-state index in [1.807, 2.05) is 61.5 Å². The number of hydrogen-bond acceptors (Lipinski definition) is 5. The maximum atomic E-state index is 13.2. The fourth-order valence-electron chi connectivity index (χ4n) is 4.54. The van der Waals surface area contributed by atoms with Crippen LogP contribution in [0.1, 0.15) is 63.0 Å². The summed E-state index contributed by atoms with van der Waals surface area (Å²) in [6.07, 6.45) is 3.84. The Morgan fingerprint density at radius 1 is 1.06 bits per heavy atom. The summed E-state index contributed by atoms with van der Waals surface area (Å²) >= 11 is 0. The quantitative estimate of drug-likeness (QED) is 0.425. The molecule has 2 aromatic rings. The summed E-state index contributed by atoms with van der Waals surface area (Å²) in [5.41, 5.74) is 4.70. The lowest BCUT2D eigenvalue weighted by Crippen LogP contribution is -2.34. The van der Waals surface area contributed by atoms with Crippen molar-refractivity contribution in [2.24, 2.45) is 0 Å². The number of dihydropyridines is 1. The molecular formula is C28H31NO4. The maximum Gasteiger partial charge on any atom is 0.336 e. The molecule has 1 N–H and O–H groups in total. The van der Waals surface area contributed by atoms with Gasteiger partial charge in [-0.25, -0.2) is 4.79 Å². The third kappa shape index (κ3) is 5.03. The number of ether oxygens (including phenoxy) is 2. The van der Waals surface area contributed by atoms with E-state index in [2.05, 4.69) is 12.2 Å². The van der Waals surface area contributed by atoms with Crippen LogP contribution in [-0.4, -0.2) is 18.4 Å². The lowest BCUT2D eigenvalue weighted by molar-refractivity contribution is -0.139. The second-order valence-electron chi connectivity index (χ2n) is 8.57. The first-order valence-electron chi connectivity index (χ1n) is 11.8. The molecule has 0 aromatic heterocycles. The minimum atomic E-state index is -0.504. The van der Waals surface area contributed by atoms with Crippen molar-refractivity contribution in [3.05, 3.63) is 88.3 Å². The van der Waals surface area contributed by atoms with E-state index >= 15 is 0 Å². The second-order valence-corrected chi connectivity index (χ2v) is 8.57. The van der Waals surface area contributed by atoms with Gasteiger partial charge in [-0.2, -0.15) is 0 Å². The molecule has 0 unspecified atom stereocenters. The number of allylic oxidation sites excluding steroid dienone is 3. The minimum absolute atomic E-state index is 0.0815. The van der Waals surface area contributed by atoms with Gasteiger partial charge < -0.3 is 14.8 Å². The first kappa shape index (κ1) is 22.8. The van der Waals surface area contributed by atoms with E-state index in [1.54, 1.807) is 0 Å². The Kier molecular flexibility index (Phi) is 7.28. The summed E-state index contributed by atoms with van der Waals surface area (Å²) in [6, 6.07) is 17.7. The largest absolute Gasteiger partial charge is 0.489 e. The van der Waals surface area contributed by atoms with E-state index in [-0.39, 0.29) is 11.8 Å². The van der Waals surface area contributed by atoms with Crippen molar-refractivity contribution in [3.63, 3.8) is 0 Å². The first-order chi connectivity index (χ1) is 16.1. The number of esters is 1. The molecule has 5 nitrogen and oxygen atoms in total. The van der Waals surface area contributed by atoms with Crippen molar-refractivity contribution in [3.8, 4) is 5.75 Å². The summed E-state index contributed by atoms with van der Waals surface area (Å²) in [6.45, 7) is 4.72. The molecule has 4 rings (SSSR count). The van der Waals surface area contributed by atoms with E-state index in [0.717, 1.165) is 48.2 Å². The number of unbranched alkanes of at least 4 members (excludes halogenated alkanes) is 1. The number of rotatable bonds is 8. The van der Waals surface area contributed by atoms with Crippen LogP contribution in [0.2, 0.25) is 0 Å². The van der Waals surface area contributed by atoms with Crippen LogP contribution in [0.25, 0.3) is 0 Å². The third-order valence-corrected chi connectivity index (χ3v) is 6.19. The molecule has 0 bridgehead atoms. The van der Waals surface area contributed by atoms with Crippen LogP contribution in [0, 0.1) is 0 Å². The molecule has 1 atom stereocenters. The van der Waals surface area contributed by atoms with Crippen molar-refractivity contribution in [2.75, 3.05) is 6.61 Å². The molecule has 0 radical (unpaired) electrons.